The molecule has 232 valence electrons. The second kappa shape index (κ2) is 9.59. The van der Waals surface area contributed by atoms with Crippen LogP contribution in [0, 0.1) is 11.3 Å². The number of anilines is 3. The van der Waals surface area contributed by atoms with E-state index < -0.39 is 0 Å². The first kappa shape index (κ1) is 28.1. The van der Waals surface area contributed by atoms with Crippen molar-refractivity contribution in [2.75, 3.05) is 4.90 Å². The zero-order valence-corrected chi connectivity index (χ0v) is 28.1. The number of benzene rings is 8. The number of fused-ring (bicyclic) bond motifs is 7. The predicted octanol–water partition coefficient (Wildman–Crippen LogP) is 12.5. The number of nitriles is 1. The summed E-state index contributed by atoms with van der Waals surface area (Å²) in [4.78, 5) is 2.36. The summed E-state index contributed by atoms with van der Waals surface area (Å²) in [5, 5.41) is 17.6. The van der Waals surface area contributed by atoms with Crippen molar-refractivity contribution in [1.29, 1.82) is 5.26 Å². The number of hydrogen-bond donors (Lipinski definition) is 0. The third-order valence-corrected chi connectivity index (χ3v) is 11.6. The van der Waals surface area contributed by atoms with Gasteiger partial charge in [-0.15, -0.1) is 0 Å². The highest BCUT2D eigenvalue weighted by molar-refractivity contribution is 6.26. The Morgan fingerprint density at radius 1 is 0.469 bits per heavy atom. The Kier molecular flexibility index (Phi) is 5.51. The van der Waals surface area contributed by atoms with E-state index in [4.69, 9.17) is 0 Å². The molecule has 0 saturated heterocycles. The molecule has 10 rings (SSSR count). The molecule has 49 heavy (non-hydrogen) atoms. The number of rotatable bonds is 3. The van der Waals surface area contributed by atoms with E-state index in [9.17, 15) is 5.26 Å². The molecule has 0 N–H and O–H groups in total. The van der Waals surface area contributed by atoms with Gasteiger partial charge in [0.2, 0.25) is 0 Å². The molecule has 2 heteroatoms. The fraction of sp³-hybridized carbons (Fsp3) is 0.128. The SMILES string of the molecule is CC1(C)c2ccccc2-c2cc(N(c3ccc(C#N)cc3)c3ccc4c(c3)C(C)(C)c3cc5ccc6cccc7ccc(c3-4)c5c67)ccc21. The predicted molar refractivity (Wildman–Crippen MR) is 205 cm³/mol. The molecule has 2 aliphatic rings. The van der Waals surface area contributed by atoms with Crippen molar-refractivity contribution in [3.63, 3.8) is 0 Å². The molecule has 0 heterocycles. The van der Waals surface area contributed by atoms with Gasteiger partial charge in [0.05, 0.1) is 11.6 Å². The summed E-state index contributed by atoms with van der Waals surface area (Å²) < 4.78 is 0. The summed E-state index contributed by atoms with van der Waals surface area (Å²) in [7, 11) is 0. The van der Waals surface area contributed by atoms with Gasteiger partial charge in [-0.3, -0.25) is 0 Å². The summed E-state index contributed by atoms with van der Waals surface area (Å²) >= 11 is 0. The fourth-order valence-electron chi connectivity index (χ4n) is 9.12. The summed E-state index contributed by atoms with van der Waals surface area (Å²) in [5.74, 6) is 0. The number of hydrogen-bond acceptors (Lipinski definition) is 2. The monoisotopic (exact) mass is 626 g/mol. The van der Waals surface area contributed by atoms with Gasteiger partial charge in [-0.05, 0) is 131 Å². The standard InChI is InChI=1S/C47H34N2/c1-46(2)39-11-6-5-10-35(39)38-25-33(20-23-40(38)46)49(32-17-12-28(27-48)13-18-32)34-19-22-36-41(26-34)47(3,4)42-24-31-15-14-29-8-7-9-30-16-21-37(45(36)42)44(31)43(29)30/h5-26H,1-4H3. The van der Waals surface area contributed by atoms with Gasteiger partial charge in [-0.1, -0.05) is 107 Å². The van der Waals surface area contributed by atoms with Crippen LogP contribution in [0.4, 0.5) is 17.1 Å². The van der Waals surface area contributed by atoms with Crippen LogP contribution in [0.15, 0.2) is 133 Å². The molecular weight excluding hydrogens is 593 g/mol. The highest BCUT2D eigenvalue weighted by atomic mass is 15.1. The highest BCUT2D eigenvalue weighted by Crippen LogP contribution is 2.55. The average molecular weight is 627 g/mol. The topological polar surface area (TPSA) is 27.0 Å². The van der Waals surface area contributed by atoms with E-state index in [-0.39, 0.29) is 10.8 Å². The normalized spacial score (nSPS) is 14.8. The third-order valence-electron chi connectivity index (χ3n) is 11.6. The van der Waals surface area contributed by atoms with Crippen LogP contribution in [0.5, 0.6) is 0 Å². The molecule has 0 spiro atoms. The molecule has 8 aromatic carbocycles. The molecule has 0 bridgehead atoms. The van der Waals surface area contributed by atoms with E-state index in [1.54, 1.807) is 0 Å². The van der Waals surface area contributed by atoms with Crippen molar-refractivity contribution in [1.82, 2.24) is 0 Å². The van der Waals surface area contributed by atoms with Crippen LogP contribution < -0.4 is 4.90 Å². The third kappa shape index (κ3) is 3.71. The first-order chi connectivity index (χ1) is 23.8. The van der Waals surface area contributed by atoms with E-state index in [2.05, 4.69) is 160 Å². The van der Waals surface area contributed by atoms with E-state index >= 15 is 0 Å². The molecule has 0 saturated carbocycles. The maximum Gasteiger partial charge on any atom is 0.0991 e. The molecule has 8 aromatic rings. The van der Waals surface area contributed by atoms with Crippen molar-refractivity contribution in [2.45, 2.75) is 38.5 Å². The molecule has 0 unspecified atom stereocenters. The minimum atomic E-state index is -0.192. The summed E-state index contributed by atoms with van der Waals surface area (Å²) in [5.41, 5.74) is 14.3. The Morgan fingerprint density at radius 3 is 1.92 bits per heavy atom. The van der Waals surface area contributed by atoms with Gasteiger partial charge in [0.1, 0.15) is 0 Å². The lowest BCUT2D eigenvalue weighted by Crippen LogP contribution is -2.17. The van der Waals surface area contributed by atoms with Crippen LogP contribution in [0.2, 0.25) is 0 Å². The fourth-order valence-corrected chi connectivity index (χ4v) is 9.12. The van der Waals surface area contributed by atoms with Gasteiger partial charge < -0.3 is 4.90 Å². The summed E-state index contributed by atoms with van der Waals surface area (Å²) in [6.07, 6.45) is 0. The maximum absolute atomic E-state index is 9.60. The minimum Gasteiger partial charge on any atom is -0.310 e. The quantitative estimate of drug-likeness (QED) is 0.182. The number of nitrogens with zero attached hydrogens (tertiary/aromatic N) is 2. The molecule has 0 amide bonds. The Labute approximate surface area is 286 Å². The van der Waals surface area contributed by atoms with Crippen molar-refractivity contribution in [2.24, 2.45) is 0 Å². The Hall–Kier alpha value is -5.91. The minimum absolute atomic E-state index is 0.0581. The molecule has 0 fully saturated rings. The summed E-state index contributed by atoms with van der Waals surface area (Å²) in [6, 6.07) is 51.3. The van der Waals surface area contributed by atoms with Crippen LogP contribution in [-0.2, 0) is 10.8 Å². The molecule has 0 aromatic heterocycles. The van der Waals surface area contributed by atoms with Gasteiger partial charge >= 0.3 is 0 Å². The maximum atomic E-state index is 9.60. The lowest BCUT2D eigenvalue weighted by Gasteiger charge is -2.29. The smallest absolute Gasteiger partial charge is 0.0991 e. The van der Waals surface area contributed by atoms with Gasteiger partial charge in [-0.25, -0.2) is 0 Å². The van der Waals surface area contributed by atoms with E-state index in [0.29, 0.717) is 5.56 Å². The molecule has 0 atom stereocenters. The molecule has 0 aliphatic heterocycles. The molecular formula is C47H34N2. The summed E-state index contributed by atoms with van der Waals surface area (Å²) in [6.45, 7) is 9.40. The average Bonchev–Trinajstić information content (AvgIpc) is 3.50. The van der Waals surface area contributed by atoms with Gasteiger partial charge in [0.15, 0.2) is 0 Å². The van der Waals surface area contributed by atoms with Crippen LogP contribution in [0.3, 0.4) is 0 Å². The first-order valence-electron chi connectivity index (χ1n) is 17.2. The Balaban J connectivity index is 1.19. The van der Waals surface area contributed by atoms with Crippen molar-refractivity contribution in [3.8, 4) is 28.3 Å². The van der Waals surface area contributed by atoms with E-state index in [0.717, 1.165) is 17.1 Å². The zero-order chi connectivity index (χ0) is 33.2. The lowest BCUT2D eigenvalue weighted by molar-refractivity contribution is 0.660. The van der Waals surface area contributed by atoms with Gasteiger partial charge in [0, 0.05) is 27.9 Å². The zero-order valence-electron chi connectivity index (χ0n) is 28.1. The molecule has 2 nitrogen and oxygen atoms in total. The van der Waals surface area contributed by atoms with Crippen LogP contribution in [0.1, 0.15) is 55.5 Å². The Morgan fingerprint density at radius 2 is 1.12 bits per heavy atom. The Bertz CT molecular complexity index is 2710. The van der Waals surface area contributed by atoms with Gasteiger partial charge in [0.25, 0.3) is 0 Å². The van der Waals surface area contributed by atoms with E-state index in [1.165, 1.54) is 76.8 Å². The second-order valence-electron chi connectivity index (χ2n) is 14.9. The van der Waals surface area contributed by atoms with Gasteiger partial charge in [-0.2, -0.15) is 5.26 Å². The van der Waals surface area contributed by atoms with Crippen molar-refractivity contribution < 1.29 is 0 Å². The van der Waals surface area contributed by atoms with Crippen LogP contribution in [0.25, 0.3) is 54.6 Å². The van der Waals surface area contributed by atoms with Crippen LogP contribution >= 0.6 is 0 Å². The largest absolute Gasteiger partial charge is 0.310 e. The first-order valence-corrected chi connectivity index (χ1v) is 17.2. The molecule has 2 aliphatic carbocycles. The van der Waals surface area contributed by atoms with E-state index in [1.807, 2.05) is 12.1 Å². The van der Waals surface area contributed by atoms with Crippen molar-refractivity contribution >= 4 is 49.4 Å². The second-order valence-corrected chi connectivity index (χ2v) is 14.9. The van der Waals surface area contributed by atoms with Crippen molar-refractivity contribution in [3.05, 3.63) is 161 Å². The lowest BCUT2D eigenvalue weighted by atomic mass is 9.80. The van der Waals surface area contributed by atoms with Crippen LogP contribution in [-0.4, -0.2) is 0 Å². The molecule has 0 radical (unpaired) electrons. The highest BCUT2D eigenvalue weighted by Gasteiger charge is 2.39.